The monoisotopic (exact) mass is 362 g/mol. The Balaban J connectivity index is 1.68. The lowest BCUT2D eigenvalue weighted by Gasteiger charge is -2.36. The number of aromatic nitrogens is 2. The van der Waals surface area contributed by atoms with E-state index in [9.17, 15) is 4.79 Å². The molecule has 126 valence electrons. The second-order valence-electron chi connectivity index (χ2n) is 5.40. The smallest absolute Gasteiger partial charge is 0.274 e. The number of hydrogen-bond donors (Lipinski definition) is 0. The fraction of sp³-hybridized carbons (Fsp3) is 0.353. The first-order chi connectivity index (χ1) is 11.7. The Labute approximate surface area is 151 Å². The first-order valence-electron chi connectivity index (χ1n) is 7.93. The molecule has 1 amide bonds. The summed E-state index contributed by atoms with van der Waals surface area (Å²) in [5, 5.41) is 0.902. The van der Waals surface area contributed by atoms with E-state index in [1.807, 2.05) is 30.0 Å². The van der Waals surface area contributed by atoms with Crippen LogP contribution >= 0.6 is 23.4 Å². The zero-order valence-corrected chi connectivity index (χ0v) is 15.1. The van der Waals surface area contributed by atoms with Crippen LogP contribution in [0.4, 0.5) is 5.69 Å². The van der Waals surface area contributed by atoms with Crippen molar-refractivity contribution >= 4 is 35.0 Å². The van der Waals surface area contributed by atoms with Crippen molar-refractivity contribution < 1.29 is 4.79 Å². The van der Waals surface area contributed by atoms with Crippen molar-refractivity contribution in [2.24, 2.45) is 0 Å². The zero-order valence-electron chi connectivity index (χ0n) is 13.5. The summed E-state index contributed by atoms with van der Waals surface area (Å²) in [6.07, 6.45) is 1.51. The van der Waals surface area contributed by atoms with Gasteiger partial charge in [-0.05, 0) is 17.9 Å². The minimum atomic E-state index is -0.118. The van der Waals surface area contributed by atoms with E-state index in [0.29, 0.717) is 29.0 Å². The van der Waals surface area contributed by atoms with Gasteiger partial charge in [0.1, 0.15) is 0 Å². The fourth-order valence-electron chi connectivity index (χ4n) is 2.66. The van der Waals surface area contributed by atoms with Gasteiger partial charge in [0.05, 0.1) is 11.2 Å². The number of hydrogen-bond acceptors (Lipinski definition) is 5. The Morgan fingerprint density at radius 2 is 1.92 bits per heavy atom. The van der Waals surface area contributed by atoms with Crippen LogP contribution in [0.2, 0.25) is 5.02 Å². The molecule has 0 bridgehead atoms. The van der Waals surface area contributed by atoms with E-state index >= 15 is 0 Å². The van der Waals surface area contributed by atoms with Crippen LogP contribution < -0.4 is 4.90 Å². The van der Waals surface area contributed by atoms with Crippen molar-refractivity contribution in [2.45, 2.75) is 12.1 Å². The third kappa shape index (κ3) is 3.82. The topological polar surface area (TPSA) is 49.3 Å². The molecule has 1 fully saturated rings. The van der Waals surface area contributed by atoms with E-state index in [-0.39, 0.29) is 5.91 Å². The van der Waals surface area contributed by atoms with Crippen molar-refractivity contribution in [3.05, 3.63) is 47.2 Å². The van der Waals surface area contributed by atoms with Gasteiger partial charge in [0.15, 0.2) is 10.9 Å². The molecule has 0 saturated carbocycles. The lowest BCUT2D eigenvalue weighted by atomic mass is 10.2. The maximum atomic E-state index is 12.7. The lowest BCUT2D eigenvalue weighted by Crippen LogP contribution is -2.49. The van der Waals surface area contributed by atoms with Crippen LogP contribution in [0.15, 0.2) is 41.7 Å². The highest BCUT2D eigenvalue weighted by Crippen LogP contribution is 2.21. The number of para-hydroxylation sites is 1. The number of halogens is 1. The molecule has 24 heavy (non-hydrogen) atoms. The molecule has 1 aromatic heterocycles. The number of thioether (sulfide) groups is 1. The van der Waals surface area contributed by atoms with Gasteiger partial charge in [0.25, 0.3) is 5.91 Å². The number of amides is 1. The van der Waals surface area contributed by atoms with E-state index in [1.165, 1.54) is 23.6 Å². The van der Waals surface area contributed by atoms with Gasteiger partial charge >= 0.3 is 0 Å². The molecule has 3 rings (SSSR count). The van der Waals surface area contributed by atoms with Crippen LogP contribution in [0.25, 0.3) is 0 Å². The lowest BCUT2D eigenvalue weighted by molar-refractivity contribution is 0.0740. The summed E-state index contributed by atoms with van der Waals surface area (Å²) in [6.45, 7) is 4.94. The summed E-state index contributed by atoms with van der Waals surface area (Å²) >= 11 is 7.64. The minimum Gasteiger partial charge on any atom is -0.368 e. The molecule has 1 aromatic carbocycles. The second-order valence-corrected chi connectivity index (χ2v) is 7.04. The number of anilines is 1. The van der Waals surface area contributed by atoms with Gasteiger partial charge in [-0.1, -0.05) is 48.5 Å². The molecule has 7 heteroatoms. The molecule has 5 nitrogen and oxygen atoms in total. The normalized spacial score (nSPS) is 14.8. The molecule has 0 radical (unpaired) electrons. The highest BCUT2D eigenvalue weighted by Gasteiger charge is 2.25. The third-order valence-corrected chi connectivity index (χ3v) is 4.91. The number of carbonyl (C=O) groups excluding carboxylic acids is 1. The van der Waals surface area contributed by atoms with Crippen LogP contribution in [0.1, 0.15) is 17.4 Å². The first kappa shape index (κ1) is 17.0. The summed E-state index contributed by atoms with van der Waals surface area (Å²) in [7, 11) is 0. The van der Waals surface area contributed by atoms with Crippen LogP contribution in [-0.4, -0.2) is 52.7 Å². The summed E-state index contributed by atoms with van der Waals surface area (Å²) in [6, 6.07) is 10.2. The molecule has 2 heterocycles. The van der Waals surface area contributed by atoms with Crippen LogP contribution in [0.3, 0.4) is 0 Å². The van der Waals surface area contributed by atoms with E-state index in [4.69, 9.17) is 11.6 Å². The standard InChI is InChI=1S/C17H19ClN4OS/c1-2-24-17-19-12-14(18)15(20-17)16(23)22-10-8-21(9-11-22)13-6-4-3-5-7-13/h3-7,12H,2,8-11H2,1H3. The van der Waals surface area contributed by atoms with Gasteiger partial charge in [0, 0.05) is 31.9 Å². The molecule has 0 atom stereocenters. The molecule has 1 aliphatic rings. The molecular weight excluding hydrogens is 344 g/mol. The van der Waals surface area contributed by atoms with Crippen molar-refractivity contribution in [1.82, 2.24) is 14.9 Å². The summed E-state index contributed by atoms with van der Waals surface area (Å²) in [5.41, 5.74) is 1.49. The maximum Gasteiger partial charge on any atom is 0.274 e. The van der Waals surface area contributed by atoms with Gasteiger partial charge in [-0.25, -0.2) is 9.97 Å². The molecular formula is C17H19ClN4OS. The zero-order chi connectivity index (χ0) is 16.9. The van der Waals surface area contributed by atoms with Crippen LogP contribution in [-0.2, 0) is 0 Å². The first-order valence-corrected chi connectivity index (χ1v) is 9.30. The summed E-state index contributed by atoms with van der Waals surface area (Å²) < 4.78 is 0. The Morgan fingerprint density at radius 3 is 2.58 bits per heavy atom. The number of rotatable bonds is 4. The number of piperazine rings is 1. The third-order valence-electron chi connectivity index (χ3n) is 3.89. The molecule has 0 aliphatic carbocycles. The number of benzene rings is 1. The Hall–Kier alpha value is -1.79. The number of nitrogens with zero attached hydrogens (tertiary/aromatic N) is 4. The van der Waals surface area contributed by atoms with E-state index in [0.717, 1.165) is 18.8 Å². The van der Waals surface area contributed by atoms with E-state index in [2.05, 4.69) is 27.0 Å². The van der Waals surface area contributed by atoms with E-state index in [1.54, 1.807) is 0 Å². The maximum absolute atomic E-state index is 12.7. The quantitative estimate of drug-likeness (QED) is 0.617. The highest BCUT2D eigenvalue weighted by atomic mass is 35.5. The molecule has 2 aromatic rings. The van der Waals surface area contributed by atoms with Gasteiger partial charge in [-0.3, -0.25) is 4.79 Å². The van der Waals surface area contributed by atoms with Crippen molar-refractivity contribution in [1.29, 1.82) is 0 Å². The minimum absolute atomic E-state index is 0.118. The molecule has 0 spiro atoms. The summed E-state index contributed by atoms with van der Waals surface area (Å²) in [4.78, 5) is 25.3. The SMILES string of the molecule is CCSc1ncc(Cl)c(C(=O)N2CCN(c3ccccc3)CC2)n1. The van der Waals surface area contributed by atoms with Gasteiger partial charge in [0.2, 0.25) is 0 Å². The Morgan fingerprint density at radius 1 is 1.21 bits per heavy atom. The van der Waals surface area contributed by atoms with Crippen molar-refractivity contribution in [3.63, 3.8) is 0 Å². The second kappa shape index (κ2) is 7.85. The predicted octanol–water partition coefficient (Wildman–Crippen LogP) is 3.20. The Bertz CT molecular complexity index is 705. The molecule has 1 saturated heterocycles. The fourth-order valence-corrected chi connectivity index (χ4v) is 3.37. The molecule has 0 unspecified atom stereocenters. The average Bonchev–Trinajstić information content (AvgIpc) is 2.64. The highest BCUT2D eigenvalue weighted by molar-refractivity contribution is 7.99. The average molecular weight is 363 g/mol. The van der Waals surface area contributed by atoms with Crippen LogP contribution in [0.5, 0.6) is 0 Å². The molecule has 1 aliphatic heterocycles. The molecule has 0 N–H and O–H groups in total. The van der Waals surface area contributed by atoms with E-state index < -0.39 is 0 Å². The Kier molecular flexibility index (Phi) is 5.58. The number of carbonyl (C=O) groups is 1. The van der Waals surface area contributed by atoms with Crippen molar-refractivity contribution in [3.8, 4) is 0 Å². The van der Waals surface area contributed by atoms with Crippen LogP contribution in [0, 0.1) is 0 Å². The van der Waals surface area contributed by atoms with Gasteiger partial charge in [-0.2, -0.15) is 0 Å². The van der Waals surface area contributed by atoms with Crippen molar-refractivity contribution in [2.75, 3.05) is 36.8 Å². The largest absolute Gasteiger partial charge is 0.368 e. The van der Waals surface area contributed by atoms with Gasteiger partial charge < -0.3 is 9.80 Å². The predicted molar refractivity (Wildman–Crippen MR) is 98.0 cm³/mol. The van der Waals surface area contributed by atoms with Gasteiger partial charge in [-0.15, -0.1) is 0 Å². The summed E-state index contributed by atoms with van der Waals surface area (Å²) in [5.74, 6) is 0.735.